The van der Waals surface area contributed by atoms with Gasteiger partial charge in [-0.25, -0.2) is 15.0 Å². The molecule has 7 rings (SSSR count). The Kier molecular flexibility index (Phi) is 5.22. The highest BCUT2D eigenvalue weighted by Gasteiger charge is 2.22. The molecule has 2 saturated heterocycles. The van der Waals surface area contributed by atoms with Gasteiger partial charge in [-0.3, -0.25) is 0 Å². The van der Waals surface area contributed by atoms with Crippen LogP contribution in [0.25, 0.3) is 44.7 Å². The van der Waals surface area contributed by atoms with Gasteiger partial charge in [-0.2, -0.15) is 0 Å². The fourth-order valence-corrected chi connectivity index (χ4v) is 5.53. The molecule has 2 aliphatic rings. The van der Waals surface area contributed by atoms with Gasteiger partial charge in [-0.05, 0) is 56.0 Å². The molecule has 2 aliphatic heterocycles. The van der Waals surface area contributed by atoms with E-state index in [4.69, 9.17) is 9.40 Å². The molecule has 36 heavy (non-hydrogen) atoms. The molecule has 5 heterocycles. The van der Waals surface area contributed by atoms with E-state index in [0.717, 1.165) is 82.3 Å². The monoisotopic (exact) mass is 479 g/mol. The highest BCUT2D eigenvalue weighted by atomic mass is 16.3. The maximum Gasteiger partial charge on any atom is 0.192 e. The van der Waals surface area contributed by atoms with Crippen LogP contribution in [0, 0.1) is 6.92 Å². The minimum absolute atomic E-state index is 0.295. The number of oxazole rings is 1. The summed E-state index contributed by atoms with van der Waals surface area (Å²) in [5.74, 6) is 2.66. The van der Waals surface area contributed by atoms with E-state index in [2.05, 4.69) is 67.0 Å². The lowest BCUT2D eigenvalue weighted by molar-refractivity contribution is 0.561. The van der Waals surface area contributed by atoms with Crippen LogP contribution in [0.4, 0.5) is 0 Å². The Morgan fingerprint density at radius 3 is 2.03 bits per heavy atom. The number of aromatic nitrogens is 5. The van der Waals surface area contributed by atoms with Crippen LogP contribution in [0.3, 0.4) is 0 Å². The SMILES string of the molecule is Cc1nc2c(-c3ccc(-c4cnc(C5CCCN5)[nH]4)cc3)ccc(-c3cnc(C4CCCN4)[nH]3)c2o1. The molecule has 0 radical (unpaired) electrons. The van der Waals surface area contributed by atoms with Crippen molar-refractivity contribution in [3.8, 4) is 33.6 Å². The first-order chi connectivity index (χ1) is 17.7. The number of nitrogens with one attached hydrogen (secondary N) is 4. The summed E-state index contributed by atoms with van der Waals surface area (Å²) in [7, 11) is 0. The third-order valence-electron chi connectivity index (χ3n) is 7.42. The van der Waals surface area contributed by atoms with Gasteiger partial charge in [-0.15, -0.1) is 0 Å². The summed E-state index contributed by atoms with van der Waals surface area (Å²) in [5.41, 5.74) is 7.88. The minimum Gasteiger partial charge on any atom is -0.440 e. The average molecular weight is 480 g/mol. The van der Waals surface area contributed by atoms with E-state index in [1.807, 2.05) is 19.3 Å². The molecule has 2 fully saturated rings. The van der Waals surface area contributed by atoms with Gasteiger partial charge < -0.3 is 25.0 Å². The molecule has 0 saturated carbocycles. The van der Waals surface area contributed by atoms with Crippen LogP contribution in [0.1, 0.15) is 55.3 Å². The van der Waals surface area contributed by atoms with Crippen molar-refractivity contribution in [2.24, 2.45) is 0 Å². The average Bonchev–Trinajstić information content (AvgIpc) is 3.73. The lowest BCUT2D eigenvalue weighted by atomic mass is 9.99. The van der Waals surface area contributed by atoms with Crippen LogP contribution < -0.4 is 10.6 Å². The first-order valence-electron chi connectivity index (χ1n) is 12.8. The summed E-state index contributed by atoms with van der Waals surface area (Å²) in [4.78, 5) is 21.0. The Bertz CT molecular complexity index is 1520. The summed E-state index contributed by atoms with van der Waals surface area (Å²) in [6, 6.07) is 13.4. The Morgan fingerprint density at radius 1 is 0.750 bits per heavy atom. The molecule has 5 aromatic rings. The summed E-state index contributed by atoms with van der Waals surface area (Å²) >= 11 is 0. The number of benzene rings is 2. The Balaban J connectivity index is 1.21. The Hall–Kier alpha value is -3.75. The van der Waals surface area contributed by atoms with Crippen molar-refractivity contribution in [1.82, 2.24) is 35.6 Å². The van der Waals surface area contributed by atoms with Crippen LogP contribution in [-0.4, -0.2) is 38.0 Å². The normalized spacial score (nSPS) is 20.0. The quantitative estimate of drug-likeness (QED) is 0.268. The zero-order valence-corrected chi connectivity index (χ0v) is 20.3. The number of imidazole rings is 2. The molecule has 0 amide bonds. The summed E-state index contributed by atoms with van der Waals surface area (Å²) in [5, 5.41) is 7.00. The number of aryl methyl sites for hydroxylation is 1. The van der Waals surface area contributed by atoms with Gasteiger partial charge in [0.05, 0.1) is 35.9 Å². The second-order valence-corrected chi connectivity index (χ2v) is 9.81. The molecule has 8 heteroatoms. The molecular formula is C28H29N7O. The number of fused-ring (bicyclic) bond motifs is 1. The third kappa shape index (κ3) is 3.73. The molecule has 4 N–H and O–H groups in total. The molecular weight excluding hydrogens is 450 g/mol. The molecule has 0 spiro atoms. The van der Waals surface area contributed by atoms with Crippen molar-refractivity contribution in [3.05, 3.63) is 66.3 Å². The van der Waals surface area contributed by atoms with E-state index in [0.29, 0.717) is 18.0 Å². The number of nitrogens with zero attached hydrogens (tertiary/aromatic N) is 3. The predicted octanol–water partition coefficient (Wildman–Crippen LogP) is 5.43. The maximum absolute atomic E-state index is 6.10. The Morgan fingerprint density at radius 2 is 1.36 bits per heavy atom. The molecule has 0 aliphatic carbocycles. The van der Waals surface area contributed by atoms with E-state index in [-0.39, 0.29) is 0 Å². The minimum atomic E-state index is 0.295. The predicted molar refractivity (Wildman–Crippen MR) is 139 cm³/mol. The second-order valence-electron chi connectivity index (χ2n) is 9.81. The highest BCUT2D eigenvalue weighted by Crippen LogP contribution is 2.36. The van der Waals surface area contributed by atoms with Gasteiger partial charge in [0.1, 0.15) is 17.2 Å². The van der Waals surface area contributed by atoms with Crippen molar-refractivity contribution in [3.63, 3.8) is 0 Å². The van der Waals surface area contributed by atoms with Crippen LogP contribution in [0.15, 0.2) is 53.2 Å². The van der Waals surface area contributed by atoms with Crippen molar-refractivity contribution in [1.29, 1.82) is 0 Å². The molecule has 3 aromatic heterocycles. The Labute approximate surface area is 209 Å². The molecule has 2 atom stereocenters. The summed E-state index contributed by atoms with van der Waals surface area (Å²) < 4.78 is 6.10. The standard InChI is InChI=1S/C28H29N7O/c1-16-33-25-19(10-11-20(26(25)36-16)24-15-32-28(35-24)22-5-3-13-30-22)17-6-8-18(9-7-17)23-14-31-27(34-23)21-4-2-12-29-21/h6-11,14-15,21-22,29-30H,2-5,12-13H2,1H3,(H,31,34)(H,32,35). The number of aromatic amines is 2. The highest BCUT2D eigenvalue weighted by molar-refractivity contribution is 5.99. The van der Waals surface area contributed by atoms with Crippen molar-refractivity contribution < 1.29 is 4.42 Å². The van der Waals surface area contributed by atoms with E-state index in [9.17, 15) is 0 Å². The van der Waals surface area contributed by atoms with Gasteiger partial charge in [0.15, 0.2) is 11.5 Å². The second kappa shape index (κ2) is 8.72. The number of hydrogen-bond acceptors (Lipinski definition) is 6. The number of rotatable bonds is 5. The van der Waals surface area contributed by atoms with E-state index >= 15 is 0 Å². The van der Waals surface area contributed by atoms with Gasteiger partial charge in [-0.1, -0.05) is 30.3 Å². The van der Waals surface area contributed by atoms with E-state index in [1.165, 1.54) is 12.8 Å². The topological polar surface area (TPSA) is 107 Å². The molecule has 182 valence electrons. The van der Waals surface area contributed by atoms with Crippen molar-refractivity contribution >= 4 is 11.1 Å². The van der Waals surface area contributed by atoms with Gasteiger partial charge in [0.25, 0.3) is 0 Å². The van der Waals surface area contributed by atoms with E-state index < -0.39 is 0 Å². The van der Waals surface area contributed by atoms with E-state index in [1.54, 1.807) is 0 Å². The smallest absolute Gasteiger partial charge is 0.192 e. The first kappa shape index (κ1) is 21.5. The van der Waals surface area contributed by atoms with Gasteiger partial charge >= 0.3 is 0 Å². The van der Waals surface area contributed by atoms with Crippen LogP contribution in [-0.2, 0) is 0 Å². The van der Waals surface area contributed by atoms with Crippen LogP contribution in [0.2, 0.25) is 0 Å². The zero-order chi connectivity index (χ0) is 24.1. The largest absolute Gasteiger partial charge is 0.440 e. The lowest BCUT2D eigenvalue weighted by Crippen LogP contribution is -2.14. The summed E-state index contributed by atoms with van der Waals surface area (Å²) in [6.07, 6.45) is 8.44. The van der Waals surface area contributed by atoms with Crippen molar-refractivity contribution in [2.45, 2.75) is 44.7 Å². The van der Waals surface area contributed by atoms with Crippen molar-refractivity contribution in [2.75, 3.05) is 13.1 Å². The fraction of sp³-hybridized carbons (Fsp3) is 0.321. The molecule has 2 aromatic carbocycles. The number of hydrogen-bond donors (Lipinski definition) is 4. The van der Waals surface area contributed by atoms with Gasteiger partial charge in [0, 0.05) is 18.1 Å². The zero-order valence-electron chi connectivity index (χ0n) is 20.3. The molecule has 2 unspecified atom stereocenters. The lowest BCUT2D eigenvalue weighted by Gasteiger charge is -2.08. The number of H-pyrrole nitrogens is 2. The molecule has 8 nitrogen and oxygen atoms in total. The van der Waals surface area contributed by atoms with Gasteiger partial charge in [0.2, 0.25) is 0 Å². The summed E-state index contributed by atoms with van der Waals surface area (Å²) in [6.45, 7) is 3.99. The van der Waals surface area contributed by atoms with Crippen LogP contribution >= 0.6 is 0 Å². The fourth-order valence-electron chi connectivity index (χ4n) is 5.53. The first-order valence-corrected chi connectivity index (χ1v) is 12.8. The molecule has 0 bridgehead atoms. The third-order valence-corrected chi connectivity index (χ3v) is 7.42. The maximum atomic E-state index is 6.10. The van der Waals surface area contributed by atoms with Crippen LogP contribution in [0.5, 0.6) is 0 Å².